The van der Waals surface area contributed by atoms with Gasteiger partial charge in [-0.1, -0.05) is 29.3 Å². The summed E-state index contributed by atoms with van der Waals surface area (Å²) in [5.74, 6) is 0. The Morgan fingerprint density at radius 1 is 1.14 bits per heavy atom. The van der Waals surface area contributed by atoms with Crippen LogP contribution in [-0.4, -0.2) is 43.3 Å². The van der Waals surface area contributed by atoms with E-state index in [-0.39, 0.29) is 12.1 Å². The van der Waals surface area contributed by atoms with Gasteiger partial charge in [0.05, 0.1) is 23.3 Å². The number of carbonyl (C=O) groups is 1. The van der Waals surface area contributed by atoms with Crippen LogP contribution in [0.2, 0.25) is 10.0 Å². The van der Waals surface area contributed by atoms with Crippen LogP contribution in [0.25, 0.3) is 0 Å². The fourth-order valence-corrected chi connectivity index (χ4v) is 3.64. The maximum atomic E-state index is 13.0. The van der Waals surface area contributed by atoms with Crippen molar-refractivity contribution in [3.63, 3.8) is 0 Å². The van der Waals surface area contributed by atoms with Crippen molar-refractivity contribution in [2.24, 2.45) is 0 Å². The van der Waals surface area contributed by atoms with Crippen molar-refractivity contribution in [2.45, 2.75) is 33.4 Å². The van der Waals surface area contributed by atoms with E-state index in [9.17, 15) is 4.79 Å². The SMILES string of the molecule is Cc1cc(N2CCOCC2)ccc1NC(=O)N(Cc1ccc(Cl)c(Cl)c1)C(C)C. The van der Waals surface area contributed by atoms with Gasteiger partial charge in [0.15, 0.2) is 0 Å². The summed E-state index contributed by atoms with van der Waals surface area (Å²) in [6.45, 7) is 9.71. The van der Waals surface area contributed by atoms with Crippen LogP contribution in [0.5, 0.6) is 0 Å². The van der Waals surface area contributed by atoms with Gasteiger partial charge in [0.1, 0.15) is 0 Å². The van der Waals surface area contributed by atoms with E-state index in [1.807, 2.05) is 39.0 Å². The zero-order valence-corrected chi connectivity index (χ0v) is 18.6. The molecule has 0 radical (unpaired) electrons. The number of benzene rings is 2. The molecule has 156 valence electrons. The molecule has 0 unspecified atom stereocenters. The van der Waals surface area contributed by atoms with E-state index >= 15 is 0 Å². The van der Waals surface area contributed by atoms with Crippen LogP contribution >= 0.6 is 23.2 Å². The second kappa shape index (κ2) is 9.70. The third-order valence-electron chi connectivity index (χ3n) is 5.05. The predicted molar refractivity (Wildman–Crippen MR) is 120 cm³/mol. The van der Waals surface area contributed by atoms with E-state index in [2.05, 4.69) is 16.3 Å². The highest BCUT2D eigenvalue weighted by Crippen LogP contribution is 2.26. The van der Waals surface area contributed by atoms with Crippen molar-refractivity contribution in [1.29, 1.82) is 0 Å². The molecule has 2 aromatic rings. The maximum absolute atomic E-state index is 13.0. The molecule has 1 N–H and O–H groups in total. The lowest BCUT2D eigenvalue weighted by molar-refractivity contribution is 0.122. The van der Waals surface area contributed by atoms with Crippen molar-refractivity contribution in [2.75, 3.05) is 36.5 Å². The van der Waals surface area contributed by atoms with Gasteiger partial charge in [0.25, 0.3) is 0 Å². The average Bonchev–Trinajstić information content (AvgIpc) is 2.70. The lowest BCUT2D eigenvalue weighted by Crippen LogP contribution is -2.39. The molecule has 1 aliphatic heterocycles. The van der Waals surface area contributed by atoms with E-state index in [1.54, 1.807) is 17.0 Å². The molecule has 7 heteroatoms. The fourth-order valence-electron chi connectivity index (χ4n) is 3.32. The van der Waals surface area contributed by atoms with Gasteiger partial charge in [0, 0.05) is 37.1 Å². The number of ether oxygens (including phenoxy) is 1. The van der Waals surface area contributed by atoms with Crippen molar-refractivity contribution < 1.29 is 9.53 Å². The van der Waals surface area contributed by atoms with Crippen LogP contribution < -0.4 is 10.2 Å². The van der Waals surface area contributed by atoms with Gasteiger partial charge in [-0.2, -0.15) is 0 Å². The summed E-state index contributed by atoms with van der Waals surface area (Å²) in [4.78, 5) is 17.0. The fraction of sp³-hybridized carbons (Fsp3) is 0.409. The topological polar surface area (TPSA) is 44.8 Å². The molecule has 1 fully saturated rings. The first-order chi connectivity index (χ1) is 13.8. The number of carbonyl (C=O) groups excluding carboxylic acids is 1. The molecule has 0 bridgehead atoms. The summed E-state index contributed by atoms with van der Waals surface area (Å²) in [6.07, 6.45) is 0. The number of nitrogens with one attached hydrogen (secondary N) is 1. The molecule has 0 saturated carbocycles. The molecule has 3 rings (SSSR count). The summed E-state index contributed by atoms with van der Waals surface area (Å²) in [5, 5.41) is 4.05. The van der Waals surface area contributed by atoms with Crippen LogP contribution in [0.4, 0.5) is 16.2 Å². The van der Waals surface area contributed by atoms with E-state index in [0.717, 1.165) is 48.8 Å². The number of amides is 2. The Balaban J connectivity index is 1.71. The van der Waals surface area contributed by atoms with Crippen molar-refractivity contribution >= 4 is 40.6 Å². The van der Waals surface area contributed by atoms with Gasteiger partial charge in [-0.25, -0.2) is 4.79 Å². The first-order valence-corrected chi connectivity index (χ1v) is 10.6. The second-order valence-electron chi connectivity index (χ2n) is 7.50. The number of aryl methyl sites for hydroxylation is 1. The highest BCUT2D eigenvalue weighted by Gasteiger charge is 2.19. The van der Waals surface area contributed by atoms with Crippen LogP contribution in [0.1, 0.15) is 25.0 Å². The highest BCUT2D eigenvalue weighted by atomic mass is 35.5. The number of anilines is 2. The number of halogens is 2. The number of morpholine rings is 1. The Hall–Kier alpha value is -1.95. The Bertz CT molecular complexity index is 867. The lowest BCUT2D eigenvalue weighted by Gasteiger charge is -2.30. The molecule has 0 aromatic heterocycles. The monoisotopic (exact) mass is 435 g/mol. The number of nitrogens with zero attached hydrogens (tertiary/aromatic N) is 2. The average molecular weight is 436 g/mol. The number of rotatable bonds is 5. The van der Waals surface area contributed by atoms with Gasteiger partial charge >= 0.3 is 6.03 Å². The minimum absolute atomic E-state index is 0.0254. The molecule has 1 saturated heterocycles. The molecule has 0 spiro atoms. The third kappa shape index (κ3) is 5.56. The standard InChI is InChI=1S/C22H27Cl2N3O2/c1-15(2)27(14-17-4-6-19(23)20(24)13-17)22(28)25-21-7-5-18(12-16(21)3)26-8-10-29-11-9-26/h4-7,12-13,15H,8-11,14H2,1-3H3,(H,25,28). The molecule has 29 heavy (non-hydrogen) atoms. The molecule has 1 aliphatic rings. The van der Waals surface area contributed by atoms with Gasteiger partial charge in [-0.15, -0.1) is 0 Å². The van der Waals surface area contributed by atoms with Gasteiger partial charge < -0.3 is 19.9 Å². The van der Waals surface area contributed by atoms with Gasteiger partial charge in [0.2, 0.25) is 0 Å². The first kappa shape index (κ1) is 21.8. The lowest BCUT2D eigenvalue weighted by atomic mass is 10.1. The van der Waals surface area contributed by atoms with Crippen molar-refractivity contribution in [3.8, 4) is 0 Å². The minimum Gasteiger partial charge on any atom is -0.378 e. The summed E-state index contributed by atoms with van der Waals surface area (Å²) in [5.41, 5.74) is 3.93. The zero-order chi connectivity index (χ0) is 21.0. The summed E-state index contributed by atoms with van der Waals surface area (Å²) in [7, 11) is 0. The van der Waals surface area contributed by atoms with Crippen molar-refractivity contribution in [3.05, 3.63) is 57.6 Å². The predicted octanol–water partition coefficient (Wildman–Crippen LogP) is 5.58. The normalized spacial score (nSPS) is 14.2. The van der Waals surface area contributed by atoms with Gasteiger partial charge in [-0.05, 0) is 62.2 Å². The third-order valence-corrected chi connectivity index (χ3v) is 5.79. The molecular formula is C22H27Cl2N3O2. The van der Waals surface area contributed by atoms with E-state index in [4.69, 9.17) is 27.9 Å². The largest absolute Gasteiger partial charge is 0.378 e. The van der Waals surface area contributed by atoms with Crippen LogP contribution in [0.15, 0.2) is 36.4 Å². The number of hydrogen-bond acceptors (Lipinski definition) is 3. The van der Waals surface area contributed by atoms with Crippen LogP contribution in [0, 0.1) is 6.92 Å². The van der Waals surface area contributed by atoms with Crippen molar-refractivity contribution in [1.82, 2.24) is 4.90 Å². The Morgan fingerprint density at radius 2 is 1.86 bits per heavy atom. The quantitative estimate of drug-likeness (QED) is 0.666. The molecule has 2 aromatic carbocycles. The summed E-state index contributed by atoms with van der Waals surface area (Å²) in [6, 6.07) is 11.4. The molecule has 5 nitrogen and oxygen atoms in total. The Labute approximate surface area is 182 Å². The number of hydrogen-bond donors (Lipinski definition) is 1. The smallest absolute Gasteiger partial charge is 0.322 e. The van der Waals surface area contributed by atoms with E-state index in [1.165, 1.54) is 0 Å². The molecule has 1 heterocycles. The summed E-state index contributed by atoms with van der Waals surface area (Å²) >= 11 is 12.1. The second-order valence-corrected chi connectivity index (χ2v) is 8.31. The zero-order valence-electron chi connectivity index (χ0n) is 17.0. The molecule has 2 amide bonds. The molecular weight excluding hydrogens is 409 g/mol. The number of urea groups is 1. The van der Waals surface area contributed by atoms with Crippen LogP contribution in [-0.2, 0) is 11.3 Å². The molecule has 0 atom stereocenters. The first-order valence-electron chi connectivity index (χ1n) is 9.80. The van der Waals surface area contributed by atoms with E-state index in [0.29, 0.717) is 16.6 Å². The molecule has 0 aliphatic carbocycles. The Kier molecular flexibility index (Phi) is 7.28. The summed E-state index contributed by atoms with van der Waals surface area (Å²) < 4.78 is 5.42. The highest BCUT2D eigenvalue weighted by molar-refractivity contribution is 6.42. The maximum Gasteiger partial charge on any atom is 0.322 e. The van der Waals surface area contributed by atoms with E-state index < -0.39 is 0 Å². The van der Waals surface area contributed by atoms with Gasteiger partial charge in [-0.3, -0.25) is 0 Å². The minimum atomic E-state index is -0.145. The van der Waals surface area contributed by atoms with Crippen LogP contribution in [0.3, 0.4) is 0 Å². The Morgan fingerprint density at radius 3 is 2.48 bits per heavy atom.